The highest BCUT2D eigenvalue weighted by Crippen LogP contribution is 2.53. The Kier molecular flexibility index (Phi) is 7.38. The fourth-order valence-electron chi connectivity index (χ4n) is 7.02. The van der Waals surface area contributed by atoms with Crippen LogP contribution in [0.4, 0.5) is 0 Å². The molecule has 0 aromatic carbocycles. The van der Waals surface area contributed by atoms with Crippen LogP contribution in [0.15, 0.2) is 42.7 Å². The number of carbonyl (C=O) groups excluding carboxylic acids is 1. The lowest BCUT2D eigenvalue weighted by Gasteiger charge is -2.54. The highest BCUT2D eigenvalue weighted by Gasteiger charge is 2.48. The number of nitrogens with one attached hydrogen (secondary N) is 1. The molecule has 4 saturated carbocycles. The van der Waals surface area contributed by atoms with Gasteiger partial charge in [-0.2, -0.15) is 0 Å². The van der Waals surface area contributed by atoms with E-state index in [2.05, 4.69) is 27.4 Å². The molecule has 4 nitrogen and oxygen atoms in total. The van der Waals surface area contributed by atoms with Crippen LogP contribution in [0.5, 0.6) is 0 Å². The average molecular weight is 446 g/mol. The lowest BCUT2D eigenvalue weighted by atomic mass is 9.54. The smallest absolute Gasteiger partial charge is 0.220 e. The minimum atomic E-state index is 0.314. The van der Waals surface area contributed by atoms with Gasteiger partial charge in [0, 0.05) is 24.9 Å². The van der Waals surface area contributed by atoms with Gasteiger partial charge in [0.1, 0.15) is 0 Å². The van der Waals surface area contributed by atoms with Crippen LogP contribution in [0, 0.1) is 23.7 Å². The van der Waals surface area contributed by atoms with Gasteiger partial charge in [-0.25, -0.2) is 0 Å². The van der Waals surface area contributed by atoms with E-state index >= 15 is 0 Å². The van der Waals surface area contributed by atoms with Crippen LogP contribution in [0.3, 0.4) is 0 Å². The Morgan fingerprint density at radius 3 is 2.21 bits per heavy atom. The molecule has 4 heteroatoms. The molecular formula is C29H39N3O. The Morgan fingerprint density at radius 1 is 0.788 bits per heavy atom. The summed E-state index contributed by atoms with van der Waals surface area (Å²) >= 11 is 0. The molecule has 4 aliphatic rings. The summed E-state index contributed by atoms with van der Waals surface area (Å²) in [7, 11) is 0. The number of unbranched alkanes of at least 4 members (excludes halogenated alkanes) is 5. The zero-order valence-electron chi connectivity index (χ0n) is 19.9. The number of pyridine rings is 2. The standard InChI is InChI=1S/C29H39N3O/c33-28(32-29-24-16-22-15-23(18-24)19-25(29)17-22)11-6-4-2-1-3-5-9-21-12-14-31-27(20-21)26-10-7-8-13-30-26/h7-8,10,12-14,20,22-25,29H,1-6,9,11,15-19H2,(H,32,33). The van der Waals surface area contributed by atoms with Crippen molar-refractivity contribution < 1.29 is 4.79 Å². The van der Waals surface area contributed by atoms with E-state index in [0.29, 0.717) is 11.9 Å². The molecule has 0 spiro atoms. The third-order valence-electron chi connectivity index (χ3n) is 8.43. The van der Waals surface area contributed by atoms with Crippen LogP contribution in [-0.4, -0.2) is 21.9 Å². The first-order chi connectivity index (χ1) is 16.2. The lowest BCUT2D eigenvalue weighted by molar-refractivity contribution is -0.125. The van der Waals surface area contributed by atoms with Crippen LogP contribution in [0.25, 0.3) is 11.4 Å². The fourth-order valence-corrected chi connectivity index (χ4v) is 7.02. The minimum absolute atomic E-state index is 0.314. The second kappa shape index (κ2) is 10.8. The van der Waals surface area contributed by atoms with Gasteiger partial charge in [-0.1, -0.05) is 31.7 Å². The van der Waals surface area contributed by atoms with Crippen molar-refractivity contribution in [3.63, 3.8) is 0 Å². The molecule has 33 heavy (non-hydrogen) atoms. The molecule has 2 aromatic heterocycles. The summed E-state index contributed by atoms with van der Waals surface area (Å²) < 4.78 is 0. The van der Waals surface area contributed by atoms with Gasteiger partial charge in [0.2, 0.25) is 5.91 Å². The number of hydrogen-bond donors (Lipinski definition) is 1. The quantitative estimate of drug-likeness (QED) is 0.410. The van der Waals surface area contributed by atoms with Crippen LogP contribution >= 0.6 is 0 Å². The highest BCUT2D eigenvalue weighted by atomic mass is 16.1. The van der Waals surface area contributed by atoms with E-state index in [-0.39, 0.29) is 0 Å². The number of hydrogen-bond acceptors (Lipinski definition) is 3. The van der Waals surface area contributed by atoms with Crippen molar-refractivity contribution in [1.82, 2.24) is 15.3 Å². The van der Waals surface area contributed by atoms with Crippen molar-refractivity contribution >= 4 is 5.91 Å². The number of rotatable bonds is 11. The fraction of sp³-hybridized carbons (Fsp3) is 0.621. The topological polar surface area (TPSA) is 54.9 Å². The molecule has 4 bridgehead atoms. The first kappa shape index (κ1) is 22.6. The molecule has 1 N–H and O–H groups in total. The van der Waals surface area contributed by atoms with Crippen molar-refractivity contribution in [2.45, 2.75) is 89.5 Å². The second-order valence-electron chi connectivity index (χ2n) is 10.9. The normalized spacial score (nSPS) is 27.6. The Bertz CT molecular complexity index is 884. The number of carbonyl (C=O) groups is 1. The zero-order valence-corrected chi connectivity index (χ0v) is 19.9. The van der Waals surface area contributed by atoms with E-state index in [1.54, 1.807) is 0 Å². The number of amides is 1. The third-order valence-corrected chi connectivity index (χ3v) is 8.43. The van der Waals surface area contributed by atoms with Gasteiger partial charge in [-0.15, -0.1) is 0 Å². The van der Waals surface area contributed by atoms with Gasteiger partial charge in [0.05, 0.1) is 11.4 Å². The van der Waals surface area contributed by atoms with Crippen LogP contribution in [-0.2, 0) is 11.2 Å². The molecule has 1 amide bonds. The summed E-state index contributed by atoms with van der Waals surface area (Å²) in [6, 6.07) is 10.7. The molecule has 4 fully saturated rings. The first-order valence-electron chi connectivity index (χ1n) is 13.4. The molecule has 176 valence electrons. The van der Waals surface area contributed by atoms with E-state index in [9.17, 15) is 4.79 Å². The van der Waals surface area contributed by atoms with Crippen molar-refractivity contribution in [1.29, 1.82) is 0 Å². The molecule has 0 aliphatic heterocycles. The Labute approximate surface area is 199 Å². The Hall–Kier alpha value is -2.23. The predicted octanol–water partition coefficient (Wildman–Crippen LogP) is 6.36. The summed E-state index contributed by atoms with van der Waals surface area (Å²) in [5, 5.41) is 3.46. The summed E-state index contributed by atoms with van der Waals surface area (Å²) in [6.07, 6.45) is 19.7. The number of aromatic nitrogens is 2. The molecule has 6 rings (SSSR count). The number of nitrogens with zero attached hydrogens (tertiary/aromatic N) is 2. The van der Waals surface area contributed by atoms with Crippen LogP contribution in [0.2, 0.25) is 0 Å². The molecule has 0 saturated heterocycles. The maximum absolute atomic E-state index is 12.5. The summed E-state index contributed by atoms with van der Waals surface area (Å²) in [5.74, 6) is 3.83. The zero-order chi connectivity index (χ0) is 22.5. The Morgan fingerprint density at radius 2 is 1.48 bits per heavy atom. The van der Waals surface area contributed by atoms with E-state index < -0.39 is 0 Å². The van der Waals surface area contributed by atoms with Crippen molar-refractivity contribution in [3.05, 3.63) is 48.3 Å². The first-order valence-corrected chi connectivity index (χ1v) is 13.4. The highest BCUT2D eigenvalue weighted by molar-refractivity contribution is 5.76. The molecule has 0 atom stereocenters. The predicted molar refractivity (Wildman–Crippen MR) is 132 cm³/mol. The Balaban J connectivity index is 0.931. The molecular weight excluding hydrogens is 406 g/mol. The van der Waals surface area contributed by atoms with Crippen molar-refractivity contribution in [2.75, 3.05) is 0 Å². The van der Waals surface area contributed by atoms with E-state index in [1.165, 1.54) is 69.8 Å². The SMILES string of the molecule is O=C(CCCCCCCCc1ccnc(-c2ccccn2)c1)NC1C2CC3CC(C2)CC1C3. The largest absolute Gasteiger partial charge is 0.353 e. The van der Waals surface area contributed by atoms with Gasteiger partial charge >= 0.3 is 0 Å². The summed E-state index contributed by atoms with van der Waals surface area (Å²) in [4.78, 5) is 21.4. The van der Waals surface area contributed by atoms with Gasteiger partial charge in [0.25, 0.3) is 0 Å². The lowest BCUT2D eigenvalue weighted by Crippen LogP contribution is -2.55. The molecule has 2 heterocycles. The van der Waals surface area contributed by atoms with Crippen molar-refractivity contribution in [3.8, 4) is 11.4 Å². The van der Waals surface area contributed by atoms with E-state index in [0.717, 1.165) is 54.3 Å². The molecule has 0 unspecified atom stereocenters. The maximum atomic E-state index is 12.5. The molecule has 2 aromatic rings. The third kappa shape index (κ3) is 5.83. The van der Waals surface area contributed by atoms with E-state index in [4.69, 9.17) is 0 Å². The summed E-state index contributed by atoms with van der Waals surface area (Å²) in [6.45, 7) is 0. The van der Waals surface area contributed by atoms with Gasteiger partial charge in [0.15, 0.2) is 0 Å². The average Bonchev–Trinajstić information content (AvgIpc) is 2.83. The molecule has 4 aliphatic carbocycles. The van der Waals surface area contributed by atoms with Crippen LogP contribution < -0.4 is 5.32 Å². The second-order valence-corrected chi connectivity index (χ2v) is 10.9. The minimum Gasteiger partial charge on any atom is -0.353 e. The van der Waals surface area contributed by atoms with Crippen molar-refractivity contribution in [2.24, 2.45) is 23.7 Å². The van der Waals surface area contributed by atoms with Crippen LogP contribution in [0.1, 0.15) is 82.6 Å². The van der Waals surface area contributed by atoms with Gasteiger partial charge in [-0.3, -0.25) is 14.8 Å². The summed E-state index contributed by atoms with van der Waals surface area (Å²) in [5.41, 5.74) is 3.24. The number of aryl methyl sites for hydroxylation is 1. The van der Waals surface area contributed by atoms with Gasteiger partial charge in [-0.05, 0) is 105 Å². The van der Waals surface area contributed by atoms with Gasteiger partial charge < -0.3 is 5.32 Å². The van der Waals surface area contributed by atoms with E-state index in [1.807, 2.05) is 30.6 Å². The molecule has 0 radical (unpaired) electrons. The monoisotopic (exact) mass is 445 g/mol. The maximum Gasteiger partial charge on any atom is 0.220 e.